The van der Waals surface area contributed by atoms with Crippen molar-refractivity contribution in [3.05, 3.63) is 58.6 Å². The van der Waals surface area contributed by atoms with Crippen LogP contribution < -0.4 is 4.74 Å². The number of hydrogen-bond acceptors (Lipinski definition) is 4. The summed E-state index contributed by atoms with van der Waals surface area (Å²) in [5.41, 5.74) is 2.05. The second-order valence-corrected chi connectivity index (χ2v) is 4.98. The highest BCUT2D eigenvalue weighted by atomic mass is 16.6. The van der Waals surface area contributed by atoms with Gasteiger partial charge in [0.15, 0.2) is 0 Å². The number of rotatable bonds is 6. The molecule has 0 aliphatic carbocycles. The van der Waals surface area contributed by atoms with E-state index in [1.807, 2.05) is 38.4 Å². The fourth-order valence-electron chi connectivity index (χ4n) is 1.87. The van der Waals surface area contributed by atoms with Crippen LogP contribution in [0.1, 0.15) is 0 Å². The first-order valence-corrected chi connectivity index (χ1v) is 6.68. The molecule has 0 aromatic heterocycles. The monoisotopic (exact) mass is 286 g/mol. The Hall–Kier alpha value is -2.40. The van der Waals surface area contributed by atoms with Gasteiger partial charge in [-0.25, -0.2) is 0 Å². The summed E-state index contributed by atoms with van der Waals surface area (Å²) in [4.78, 5) is 12.3. The first kappa shape index (κ1) is 15.0. The lowest BCUT2D eigenvalue weighted by Crippen LogP contribution is -2.19. The van der Waals surface area contributed by atoms with Crippen molar-refractivity contribution in [1.29, 1.82) is 0 Å². The van der Waals surface area contributed by atoms with Crippen molar-refractivity contribution in [3.63, 3.8) is 0 Å². The molecule has 0 radical (unpaired) electrons. The van der Waals surface area contributed by atoms with Crippen LogP contribution in [0, 0.1) is 10.1 Å². The summed E-state index contributed by atoms with van der Waals surface area (Å²) in [6.45, 7) is 1.51. The molecule has 0 N–H and O–H groups in total. The highest BCUT2D eigenvalue weighted by molar-refractivity contribution is 5.65. The van der Waals surface area contributed by atoms with E-state index in [-0.39, 0.29) is 5.69 Å². The Bertz CT molecular complexity index is 592. The van der Waals surface area contributed by atoms with Crippen molar-refractivity contribution in [2.45, 2.75) is 0 Å². The Balaban J connectivity index is 2.02. The SMILES string of the molecule is CN(C)CCOc1ccc(-c2ccc([N+](=O)[O-])cc2)cc1. The molecule has 0 fully saturated rings. The van der Waals surface area contributed by atoms with Gasteiger partial charge in [-0.2, -0.15) is 0 Å². The van der Waals surface area contributed by atoms with Crippen molar-refractivity contribution in [3.8, 4) is 16.9 Å². The molecule has 2 rings (SSSR count). The number of benzene rings is 2. The van der Waals surface area contributed by atoms with E-state index in [2.05, 4.69) is 4.90 Å². The zero-order chi connectivity index (χ0) is 15.2. The first-order valence-electron chi connectivity index (χ1n) is 6.68. The standard InChI is InChI=1S/C16H18N2O3/c1-17(2)11-12-21-16-9-5-14(6-10-16)13-3-7-15(8-4-13)18(19)20/h3-10H,11-12H2,1-2H3. The fraction of sp³-hybridized carbons (Fsp3) is 0.250. The van der Waals surface area contributed by atoms with Crippen LogP contribution in [-0.2, 0) is 0 Å². The van der Waals surface area contributed by atoms with E-state index in [4.69, 9.17) is 4.74 Å². The summed E-state index contributed by atoms with van der Waals surface area (Å²) >= 11 is 0. The lowest BCUT2D eigenvalue weighted by molar-refractivity contribution is -0.384. The van der Waals surface area contributed by atoms with Gasteiger partial charge in [-0.3, -0.25) is 10.1 Å². The number of nitrogens with zero attached hydrogens (tertiary/aromatic N) is 2. The quantitative estimate of drug-likeness (QED) is 0.604. The largest absolute Gasteiger partial charge is 0.492 e. The molecule has 0 amide bonds. The molecule has 0 spiro atoms. The molecule has 0 heterocycles. The summed E-state index contributed by atoms with van der Waals surface area (Å²) in [6, 6.07) is 14.2. The number of ether oxygens (including phenoxy) is 1. The van der Waals surface area contributed by atoms with E-state index >= 15 is 0 Å². The Morgan fingerprint density at radius 1 is 1.00 bits per heavy atom. The van der Waals surface area contributed by atoms with Crippen LogP contribution in [0.2, 0.25) is 0 Å². The molecule has 0 atom stereocenters. The minimum atomic E-state index is -0.397. The molecule has 0 saturated carbocycles. The van der Waals surface area contributed by atoms with Gasteiger partial charge in [0, 0.05) is 18.7 Å². The summed E-state index contributed by atoms with van der Waals surface area (Å²) in [6.07, 6.45) is 0. The van der Waals surface area contributed by atoms with Crippen LogP contribution >= 0.6 is 0 Å². The molecule has 0 saturated heterocycles. The van der Waals surface area contributed by atoms with Crippen LogP contribution in [0.4, 0.5) is 5.69 Å². The molecule has 2 aromatic rings. The molecule has 0 aliphatic rings. The Kier molecular flexibility index (Phi) is 4.90. The second-order valence-electron chi connectivity index (χ2n) is 4.98. The smallest absolute Gasteiger partial charge is 0.269 e. The van der Waals surface area contributed by atoms with E-state index in [0.29, 0.717) is 6.61 Å². The van der Waals surface area contributed by atoms with Crippen molar-refractivity contribution in [2.75, 3.05) is 27.2 Å². The molecule has 0 bridgehead atoms. The van der Waals surface area contributed by atoms with Gasteiger partial charge < -0.3 is 9.64 Å². The number of hydrogen-bond donors (Lipinski definition) is 0. The average molecular weight is 286 g/mol. The molecule has 0 aliphatic heterocycles. The number of nitro groups is 1. The van der Waals surface area contributed by atoms with Gasteiger partial charge in [-0.15, -0.1) is 0 Å². The molecule has 0 unspecified atom stereocenters. The Labute approximate surface area is 123 Å². The third-order valence-corrected chi connectivity index (χ3v) is 3.07. The zero-order valence-corrected chi connectivity index (χ0v) is 12.2. The predicted molar refractivity (Wildman–Crippen MR) is 82.6 cm³/mol. The van der Waals surface area contributed by atoms with Gasteiger partial charge in [-0.1, -0.05) is 12.1 Å². The molecular formula is C16H18N2O3. The molecule has 2 aromatic carbocycles. The lowest BCUT2D eigenvalue weighted by atomic mass is 10.1. The van der Waals surface area contributed by atoms with Gasteiger partial charge in [0.05, 0.1) is 4.92 Å². The van der Waals surface area contributed by atoms with Crippen LogP contribution in [0.5, 0.6) is 5.75 Å². The summed E-state index contributed by atoms with van der Waals surface area (Å²) in [5.74, 6) is 0.822. The first-order chi connectivity index (χ1) is 10.1. The highest BCUT2D eigenvalue weighted by Crippen LogP contribution is 2.24. The fourth-order valence-corrected chi connectivity index (χ4v) is 1.87. The lowest BCUT2D eigenvalue weighted by Gasteiger charge is -2.11. The van der Waals surface area contributed by atoms with Gasteiger partial charge in [0.25, 0.3) is 5.69 Å². The number of nitro benzene ring substituents is 1. The van der Waals surface area contributed by atoms with Gasteiger partial charge in [-0.05, 0) is 49.5 Å². The maximum absolute atomic E-state index is 10.6. The van der Waals surface area contributed by atoms with Crippen molar-refractivity contribution in [1.82, 2.24) is 4.90 Å². The average Bonchev–Trinajstić information content (AvgIpc) is 2.48. The van der Waals surface area contributed by atoms with E-state index in [0.717, 1.165) is 23.4 Å². The van der Waals surface area contributed by atoms with E-state index in [1.165, 1.54) is 12.1 Å². The number of likely N-dealkylation sites (N-methyl/N-ethyl adjacent to an activating group) is 1. The summed E-state index contributed by atoms with van der Waals surface area (Å²) < 4.78 is 5.63. The normalized spacial score (nSPS) is 10.6. The van der Waals surface area contributed by atoms with Crippen molar-refractivity contribution < 1.29 is 9.66 Å². The summed E-state index contributed by atoms with van der Waals surface area (Å²) in [5, 5.41) is 10.6. The second kappa shape index (κ2) is 6.85. The maximum Gasteiger partial charge on any atom is 0.269 e. The van der Waals surface area contributed by atoms with Gasteiger partial charge in [0.2, 0.25) is 0 Å². The summed E-state index contributed by atoms with van der Waals surface area (Å²) in [7, 11) is 4.00. The van der Waals surface area contributed by atoms with Gasteiger partial charge >= 0.3 is 0 Å². The molecule has 21 heavy (non-hydrogen) atoms. The minimum Gasteiger partial charge on any atom is -0.492 e. The molecule has 5 heteroatoms. The van der Waals surface area contributed by atoms with Crippen LogP contribution in [0.25, 0.3) is 11.1 Å². The van der Waals surface area contributed by atoms with Gasteiger partial charge in [0.1, 0.15) is 12.4 Å². The third-order valence-electron chi connectivity index (χ3n) is 3.07. The Morgan fingerprint density at radius 2 is 1.52 bits per heavy atom. The molecule has 110 valence electrons. The Morgan fingerprint density at radius 3 is 2.00 bits per heavy atom. The number of non-ortho nitro benzene ring substituents is 1. The van der Waals surface area contributed by atoms with E-state index in [9.17, 15) is 10.1 Å². The van der Waals surface area contributed by atoms with E-state index in [1.54, 1.807) is 12.1 Å². The topological polar surface area (TPSA) is 55.6 Å². The van der Waals surface area contributed by atoms with E-state index < -0.39 is 4.92 Å². The van der Waals surface area contributed by atoms with Crippen LogP contribution in [0.3, 0.4) is 0 Å². The molecular weight excluding hydrogens is 268 g/mol. The third kappa shape index (κ3) is 4.29. The zero-order valence-electron chi connectivity index (χ0n) is 12.2. The van der Waals surface area contributed by atoms with Crippen molar-refractivity contribution in [2.24, 2.45) is 0 Å². The molecule has 5 nitrogen and oxygen atoms in total. The highest BCUT2D eigenvalue weighted by Gasteiger charge is 2.05. The minimum absolute atomic E-state index is 0.0994. The maximum atomic E-state index is 10.6. The van der Waals surface area contributed by atoms with Crippen molar-refractivity contribution >= 4 is 5.69 Å². The predicted octanol–water partition coefficient (Wildman–Crippen LogP) is 3.20. The van der Waals surface area contributed by atoms with Crippen LogP contribution in [-0.4, -0.2) is 37.1 Å². The van der Waals surface area contributed by atoms with Crippen LogP contribution in [0.15, 0.2) is 48.5 Å².